The zero-order chi connectivity index (χ0) is 14.4. The standard InChI is InChI=1S/C10H12N2O.C7H8/c1-12-7-4-9(10(12)13)8-2-5-11-6-3-8;1-7-5-3-2-4-6-7/h2-3,5-6,9H,4,7H2,1H3;2-6H,1H3. The fourth-order valence-corrected chi connectivity index (χ4v) is 2.26. The maximum atomic E-state index is 11.6. The molecule has 2 aromatic rings. The van der Waals surface area contributed by atoms with Crippen LogP contribution in [0.1, 0.15) is 23.5 Å². The molecule has 0 saturated carbocycles. The molecule has 1 unspecified atom stereocenters. The van der Waals surface area contributed by atoms with E-state index in [1.165, 1.54) is 5.56 Å². The second kappa shape index (κ2) is 6.85. The number of carbonyl (C=O) groups excluding carboxylic acids is 1. The summed E-state index contributed by atoms with van der Waals surface area (Å²) in [5.74, 6) is 0.291. The molecule has 1 aromatic heterocycles. The monoisotopic (exact) mass is 268 g/mol. The van der Waals surface area contributed by atoms with Crippen molar-refractivity contribution in [3.63, 3.8) is 0 Å². The van der Waals surface area contributed by atoms with E-state index in [4.69, 9.17) is 0 Å². The van der Waals surface area contributed by atoms with Gasteiger partial charge in [0.05, 0.1) is 5.92 Å². The van der Waals surface area contributed by atoms with Crippen molar-refractivity contribution in [2.24, 2.45) is 0 Å². The van der Waals surface area contributed by atoms with Crippen LogP contribution in [0.25, 0.3) is 0 Å². The van der Waals surface area contributed by atoms with E-state index in [-0.39, 0.29) is 11.8 Å². The molecule has 3 heteroatoms. The number of carbonyl (C=O) groups is 1. The average Bonchev–Trinajstić information content (AvgIpc) is 2.81. The van der Waals surface area contributed by atoms with Gasteiger partial charge >= 0.3 is 0 Å². The van der Waals surface area contributed by atoms with Gasteiger partial charge in [-0.1, -0.05) is 35.9 Å². The molecule has 3 rings (SSSR count). The van der Waals surface area contributed by atoms with Gasteiger partial charge in [-0.3, -0.25) is 9.78 Å². The van der Waals surface area contributed by atoms with E-state index < -0.39 is 0 Å². The number of amides is 1. The molecule has 0 bridgehead atoms. The Labute approximate surface area is 120 Å². The molecule has 1 amide bonds. The Morgan fingerprint density at radius 1 is 1.10 bits per heavy atom. The van der Waals surface area contributed by atoms with Gasteiger partial charge in [-0.15, -0.1) is 0 Å². The average molecular weight is 268 g/mol. The minimum absolute atomic E-state index is 0.0630. The van der Waals surface area contributed by atoms with Gasteiger partial charge in [0.1, 0.15) is 0 Å². The summed E-state index contributed by atoms with van der Waals surface area (Å²) in [4.78, 5) is 17.3. The number of hydrogen-bond donors (Lipinski definition) is 0. The lowest BCUT2D eigenvalue weighted by Crippen LogP contribution is -2.21. The third-order valence-electron chi connectivity index (χ3n) is 3.48. The highest BCUT2D eigenvalue weighted by Crippen LogP contribution is 2.26. The van der Waals surface area contributed by atoms with Gasteiger partial charge < -0.3 is 4.90 Å². The number of nitrogens with zero attached hydrogens (tertiary/aromatic N) is 2. The Hall–Kier alpha value is -2.16. The highest BCUT2D eigenvalue weighted by Gasteiger charge is 2.29. The van der Waals surface area contributed by atoms with Gasteiger partial charge in [-0.05, 0) is 31.0 Å². The Bertz CT molecular complexity index is 539. The minimum Gasteiger partial charge on any atom is -0.345 e. The molecular formula is C17H20N2O. The molecule has 1 aliphatic rings. The van der Waals surface area contributed by atoms with Gasteiger partial charge in [0.15, 0.2) is 0 Å². The lowest BCUT2D eigenvalue weighted by Gasteiger charge is -2.09. The van der Waals surface area contributed by atoms with E-state index in [9.17, 15) is 4.79 Å². The Kier molecular flexibility index (Phi) is 4.88. The summed E-state index contributed by atoms with van der Waals surface area (Å²) in [7, 11) is 1.85. The maximum Gasteiger partial charge on any atom is 0.229 e. The fraction of sp³-hybridized carbons (Fsp3) is 0.294. The number of aromatic nitrogens is 1. The quantitative estimate of drug-likeness (QED) is 0.796. The topological polar surface area (TPSA) is 33.2 Å². The molecule has 1 aliphatic heterocycles. The van der Waals surface area contributed by atoms with Gasteiger partial charge in [-0.25, -0.2) is 0 Å². The van der Waals surface area contributed by atoms with Crippen molar-refractivity contribution >= 4 is 5.91 Å². The summed E-state index contributed by atoms with van der Waals surface area (Å²) in [6.07, 6.45) is 4.40. The summed E-state index contributed by atoms with van der Waals surface area (Å²) in [5, 5.41) is 0. The smallest absolute Gasteiger partial charge is 0.229 e. The highest BCUT2D eigenvalue weighted by atomic mass is 16.2. The SMILES string of the molecule is CN1CCC(c2ccncc2)C1=O.Cc1ccccc1. The van der Waals surface area contributed by atoms with Crippen molar-refractivity contribution in [2.45, 2.75) is 19.3 Å². The second-order valence-electron chi connectivity index (χ2n) is 5.04. The minimum atomic E-state index is 0.0630. The molecular weight excluding hydrogens is 248 g/mol. The zero-order valence-corrected chi connectivity index (χ0v) is 12.0. The van der Waals surface area contributed by atoms with Crippen LogP contribution in [0.4, 0.5) is 0 Å². The Morgan fingerprint density at radius 2 is 1.75 bits per heavy atom. The maximum absolute atomic E-state index is 11.6. The van der Waals surface area contributed by atoms with Crippen molar-refractivity contribution in [2.75, 3.05) is 13.6 Å². The first-order valence-electron chi connectivity index (χ1n) is 6.85. The van der Waals surface area contributed by atoms with Gasteiger partial charge in [-0.2, -0.15) is 0 Å². The number of likely N-dealkylation sites (tertiary alicyclic amines) is 1. The van der Waals surface area contributed by atoms with Crippen molar-refractivity contribution < 1.29 is 4.79 Å². The van der Waals surface area contributed by atoms with Crippen LogP contribution < -0.4 is 0 Å². The molecule has 20 heavy (non-hydrogen) atoms. The molecule has 2 heterocycles. The van der Waals surface area contributed by atoms with Crippen LogP contribution in [0.2, 0.25) is 0 Å². The van der Waals surface area contributed by atoms with E-state index in [2.05, 4.69) is 24.0 Å². The van der Waals surface area contributed by atoms with Crippen LogP contribution in [-0.4, -0.2) is 29.4 Å². The van der Waals surface area contributed by atoms with Crippen molar-refractivity contribution in [1.82, 2.24) is 9.88 Å². The third-order valence-corrected chi connectivity index (χ3v) is 3.48. The van der Waals surface area contributed by atoms with Gasteiger partial charge in [0.25, 0.3) is 0 Å². The van der Waals surface area contributed by atoms with E-state index in [1.54, 1.807) is 17.3 Å². The number of benzene rings is 1. The second-order valence-corrected chi connectivity index (χ2v) is 5.04. The van der Waals surface area contributed by atoms with Crippen LogP contribution >= 0.6 is 0 Å². The number of aryl methyl sites for hydroxylation is 1. The lowest BCUT2D eigenvalue weighted by atomic mass is 9.99. The number of hydrogen-bond acceptors (Lipinski definition) is 2. The van der Waals surface area contributed by atoms with Crippen LogP contribution in [0, 0.1) is 6.92 Å². The Balaban J connectivity index is 0.000000178. The van der Waals surface area contributed by atoms with Crippen LogP contribution in [0.5, 0.6) is 0 Å². The number of pyridine rings is 1. The van der Waals surface area contributed by atoms with Crippen LogP contribution in [0.3, 0.4) is 0 Å². The number of likely N-dealkylation sites (N-methyl/N-ethyl adjacent to an activating group) is 1. The molecule has 104 valence electrons. The summed E-state index contributed by atoms with van der Waals surface area (Å²) < 4.78 is 0. The third kappa shape index (κ3) is 3.67. The molecule has 1 fully saturated rings. The van der Waals surface area contributed by atoms with Crippen LogP contribution in [-0.2, 0) is 4.79 Å². The van der Waals surface area contributed by atoms with E-state index in [0.717, 1.165) is 18.5 Å². The first-order valence-corrected chi connectivity index (χ1v) is 6.85. The molecule has 1 saturated heterocycles. The molecule has 3 nitrogen and oxygen atoms in total. The molecule has 0 aliphatic carbocycles. The predicted molar refractivity (Wildman–Crippen MR) is 80.4 cm³/mol. The molecule has 1 aromatic carbocycles. The first kappa shape index (κ1) is 14.3. The fourth-order valence-electron chi connectivity index (χ4n) is 2.26. The first-order chi connectivity index (χ1) is 9.68. The summed E-state index contributed by atoms with van der Waals surface area (Å²) in [6, 6.07) is 14.1. The molecule has 0 radical (unpaired) electrons. The summed E-state index contributed by atoms with van der Waals surface area (Å²) in [6.45, 7) is 2.95. The Morgan fingerprint density at radius 3 is 2.20 bits per heavy atom. The highest BCUT2D eigenvalue weighted by molar-refractivity contribution is 5.85. The molecule has 0 N–H and O–H groups in total. The summed E-state index contributed by atoms with van der Waals surface area (Å²) >= 11 is 0. The van der Waals surface area contributed by atoms with Gasteiger partial charge in [0, 0.05) is 26.0 Å². The van der Waals surface area contributed by atoms with Crippen molar-refractivity contribution in [1.29, 1.82) is 0 Å². The van der Waals surface area contributed by atoms with E-state index in [0.29, 0.717) is 0 Å². The summed E-state index contributed by atoms with van der Waals surface area (Å²) in [5.41, 5.74) is 2.41. The van der Waals surface area contributed by atoms with E-state index in [1.807, 2.05) is 37.4 Å². The molecule has 0 spiro atoms. The lowest BCUT2D eigenvalue weighted by molar-refractivity contribution is -0.127. The normalized spacial score (nSPS) is 17.6. The predicted octanol–water partition coefficient (Wildman–Crippen LogP) is 3.02. The van der Waals surface area contributed by atoms with Crippen molar-refractivity contribution in [3.05, 3.63) is 66.0 Å². The largest absolute Gasteiger partial charge is 0.345 e. The van der Waals surface area contributed by atoms with Crippen LogP contribution in [0.15, 0.2) is 54.9 Å². The van der Waals surface area contributed by atoms with Gasteiger partial charge in [0.2, 0.25) is 5.91 Å². The zero-order valence-electron chi connectivity index (χ0n) is 12.0. The number of rotatable bonds is 1. The molecule has 1 atom stereocenters. The van der Waals surface area contributed by atoms with Crippen molar-refractivity contribution in [3.8, 4) is 0 Å². The van der Waals surface area contributed by atoms with E-state index >= 15 is 0 Å².